The Morgan fingerprint density at radius 3 is 2.19 bits per heavy atom. The maximum Gasteiger partial charge on any atom is 0.0496 e. The maximum atomic E-state index is 6.14. The Kier molecular flexibility index (Phi) is 3.62. The van der Waals surface area contributed by atoms with Gasteiger partial charge in [0.05, 0.1) is 0 Å². The lowest BCUT2D eigenvalue weighted by Crippen LogP contribution is -2.37. The highest BCUT2D eigenvalue weighted by Gasteiger charge is 2.26. The Labute approximate surface area is 98.4 Å². The van der Waals surface area contributed by atoms with Crippen LogP contribution < -0.4 is 5.73 Å². The molecule has 0 bridgehead atoms. The second-order valence-corrected chi connectivity index (χ2v) is 4.96. The van der Waals surface area contributed by atoms with E-state index in [-0.39, 0.29) is 6.04 Å². The highest BCUT2D eigenvalue weighted by Crippen LogP contribution is 2.27. The summed E-state index contributed by atoms with van der Waals surface area (Å²) < 4.78 is 0. The highest BCUT2D eigenvalue weighted by molar-refractivity contribution is 5.25. The van der Waals surface area contributed by atoms with Gasteiger partial charge in [0.25, 0.3) is 0 Å². The van der Waals surface area contributed by atoms with Crippen molar-refractivity contribution in [1.82, 2.24) is 4.90 Å². The van der Waals surface area contributed by atoms with E-state index >= 15 is 0 Å². The maximum absolute atomic E-state index is 6.14. The highest BCUT2D eigenvalue weighted by atomic mass is 15.2. The quantitative estimate of drug-likeness (QED) is 0.844. The first-order chi connectivity index (χ1) is 7.68. The van der Waals surface area contributed by atoms with Crippen LogP contribution in [0, 0.1) is 6.92 Å². The van der Waals surface area contributed by atoms with Crippen molar-refractivity contribution in [3.63, 3.8) is 0 Å². The molecule has 1 aromatic rings. The molecule has 2 rings (SSSR count). The zero-order valence-corrected chi connectivity index (χ0v) is 10.3. The molecule has 0 aliphatic carbocycles. The topological polar surface area (TPSA) is 29.3 Å². The first-order valence-corrected chi connectivity index (χ1v) is 6.24. The van der Waals surface area contributed by atoms with Crippen molar-refractivity contribution in [1.29, 1.82) is 0 Å². The number of nitrogens with two attached hydrogens (primary N) is 1. The third-order valence-corrected chi connectivity index (χ3v) is 3.45. The van der Waals surface area contributed by atoms with Gasteiger partial charge in [0.1, 0.15) is 0 Å². The van der Waals surface area contributed by atoms with E-state index in [0.29, 0.717) is 6.04 Å². The minimum absolute atomic E-state index is 0.195. The minimum atomic E-state index is 0.195. The molecular formula is C14H22N2. The number of likely N-dealkylation sites (tertiary alicyclic amines) is 1. The molecule has 0 amide bonds. The first kappa shape index (κ1) is 11.6. The number of hydrogen-bond acceptors (Lipinski definition) is 2. The van der Waals surface area contributed by atoms with Crippen molar-refractivity contribution in [2.75, 3.05) is 13.1 Å². The Bertz CT molecular complexity index is 323. The van der Waals surface area contributed by atoms with Crippen LogP contribution in [-0.2, 0) is 0 Å². The molecular weight excluding hydrogens is 196 g/mol. The second-order valence-electron chi connectivity index (χ2n) is 4.96. The average molecular weight is 218 g/mol. The molecule has 88 valence electrons. The smallest absolute Gasteiger partial charge is 0.0496 e. The number of aryl methyl sites for hydroxylation is 1. The molecule has 1 aliphatic rings. The van der Waals surface area contributed by atoms with Crippen molar-refractivity contribution in [3.05, 3.63) is 35.4 Å². The lowest BCUT2D eigenvalue weighted by Gasteiger charge is -2.31. The van der Waals surface area contributed by atoms with Gasteiger partial charge in [-0.1, -0.05) is 29.8 Å². The van der Waals surface area contributed by atoms with Gasteiger partial charge in [-0.3, -0.25) is 4.90 Å². The minimum Gasteiger partial charge on any atom is -0.326 e. The molecule has 16 heavy (non-hydrogen) atoms. The summed E-state index contributed by atoms with van der Waals surface area (Å²) in [6, 6.07) is 9.40. The fourth-order valence-corrected chi connectivity index (χ4v) is 2.63. The predicted octanol–water partition coefficient (Wildman–Crippen LogP) is 2.48. The van der Waals surface area contributed by atoms with E-state index in [4.69, 9.17) is 5.73 Å². The fraction of sp³-hybridized carbons (Fsp3) is 0.571. The Hall–Kier alpha value is -0.860. The summed E-state index contributed by atoms with van der Waals surface area (Å²) in [5.74, 6) is 0. The lowest BCUT2D eigenvalue weighted by atomic mass is 9.98. The van der Waals surface area contributed by atoms with Crippen LogP contribution in [0.5, 0.6) is 0 Å². The van der Waals surface area contributed by atoms with Gasteiger partial charge < -0.3 is 5.73 Å². The van der Waals surface area contributed by atoms with Crippen LogP contribution in [0.25, 0.3) is 0 Å². The van der Waals surface area contributed by atoms with Crippen LogP contribution in [0.3, 0.4) is 0 Å². The van der Waals surface area contributed by atoms with E-state index in [2.05, 4.69) is 43.0 Å². The lowest BCUT2D eigenvalue weighted by molar-refractivity contribution is 0.219. The summed E-state index contributed by atoms with van der Waals surface area (Å²) in [4.78, 5) is 2.52. The van der Waals surface area contributed by atoms with Crippen LogP contribution in [0.4, 0.5) is 0 Å². The second kappa shape index (κ2) is 4.98. The number of nitrogens with zero attached hydrogens (tertiary/aromatic N) is 1. The van der Waals surface area contributed by atoms with Gasteiger partial charge in [0.15, 0.2) is 0 Å². The molecule has 0 saturated carbocycles. The molecule has 2 heteroatoms. The average Bonchev–Trinajstić information content (AvgIpc) is 2.74. The van der Waals surface area contributed by atoms with E-state index in [1.807, 2.05) is 0 Å². The zero-order valence-electron chi connectivity index (χ0n) is 10.3. The van der Waals surface area contributed by atoms with Gasteiger partial charge in [-0.25, -0.2) is 0 Å². The third-order valence-electron chi connectivity index (χ3n) is 3.45. The summed E-state index contributed by atoms with van der Waals surface area (Å²) in [6.07, 6.45) is 2.63. The summed E-state index contributed by atoms with van der Waals surface area (Å²) >= 11 is 0. The van der Waals surface area contributed by atoms with Gasteiger partial charge in [-0.05, 0) is 45.3 Å². The van der Waals surface area contributed by atoms with Crippen LogP contribution in [0.1, 0.15) is 36.9 Å². The number of benzene rings is 1. The first-order valence-electron chi connectivity index (χ1n) is 6.24. The molecule has 1 aliphatic heterocycles. The van der Waals surface area contributed by atoms with Crippen LogP contribution in [0.15, 0.2) is 24.3 Å². The molecule has 2 unspecified atom stereocenters. The number of hydrogen-bond donors (Lipinski definition) is 1. The molecule has 0 spiro atoms. The van der Waals surface area contributed by atoms with E-state index in [1.165, 1.54) is 37.1 Å². The molecule has 1 heterocycles. The summed E-state index contributed by atoms with van der Waals surface area (Å²) in [5.41, 5.74) is 8.82. The molecule has 1 fully saturated rings. The van der Waals surface area contributed by atoms with Crippen LogP contribution in [0.2, 0.25) is 0 Å². The van der Waals surface area contributed by atoms with Crippen molar-refractivity contribution in [3.8, 4) is 0 Å². The predicted molar refractivity (Wildman–Crippen MR) is 68.4 cm³/mol. The summed E-state index contributed by atoms with van der Waals surface area (Å²) in [5, 5.41) is 0. The van der Waals surface area contributed by atoms with Crippen molar-refractivity contribution in [2.45, 2.75) is 38.8 Å². The van der Waals surface area contributed by atoms with Crippen LogP contribution >= 0.6 is 0 Å². The largest absolute Gasteiger partial charge is 0.326 e. The Morgan fingerprint density at radius 2 is 1.69 bits per heavy atom. The molecule has 2 atom stereocenters. The molecule has 1 aromatic carbocycles. The molecule has 2 nitrogen and oxygen atoms in total. The molecule has 1 saturated heterocycles. The van der Waals surface area contributed by atoms with E-state index in [9.17, 15) is 0 Å². The normalized spacial score (nSPS) is 20.9. The Morgan fingerprint density at radius 1 is 1.12 bits per heavy atom. The van der Waals surface area contributed by atoms with Gasteiger partial charge in [0.2, 0.25) is 0 Å². The molecule has 2 N–H and O–H groups in total. The van der Waals surface area contributed by atoms with Crippen molar-refractivity contribution < 1.29 is 0 Å². The monoisotopic (exact) mass is 218 g/mol. The van der Waals surface area contributed by atoms with Crippen LogP contribution in [-0.4, -0.2) is 24.0 Å². The van der Waals surface area contributed by atoms with Crippen molar-refractivity contribution >= 4 is 0 Å². The van der Waals surface area contributed by atoms with Gasteiger partial charge >= 0.3 is 0 Å². The summed E-state index contributed by atoms with van der Waals surface area (Å²) in [7, 11) is 0. The van der Waals surface area contributed by atoms with Gasteiger partial charge in [-0.15, -0.1) is 0 Å². The number of rotatable bonds is 3. The van der Waals surface area contributed by atoms with E-state index < -0.39 is 0 Å². The third kappa shape index (κ3) is 2.45. The van der Waals surface area contributed by atoms with Gasteiger partial charge in [0, 0.05) is 12.1 Å². The zero-order chi connectivity index (χ0) is 11.5. The Balaban J connectivity index is 2.21. The van der Waals surface area contributed by atoms with Crippen molar-refractivity contribution in [2.24, 2.45) is 5.73 Å². The van der Waals surface area contributed by atoms with E-state index in [0.717, 1.165) is 0 Å². The van der Waals surface area contributed by atoms with E-state index in [1.54, 1.807) is 0 Å². The summed E-state index contributed by atoms with van der Waals surface area (Å²) in [6.45, 7) is 6.63. The van der Waals surface area contributed by atoms with Gasteiger partial charge in [-0.2, -0.15) is 0 Å². The SMILES string of the molecule is Cc1ccc(C(C(C)N)N2CCCC2)cc1. The molecule has 0 radical (unpaired) electrons. The molecule has 0 aromatic heterocycles. The standard InChI is InChI=1S/C14H22N2/c1-11-5-7-13(8-6-11)14(12(2)15)16-9-3-4-10-16/h5-8,12,14H,3-4,9-10,15H2,1-2H3. The fourth-order valence-electron chi connectivity index (χ4n) is 2.63.